The second kappa shape index (κ2) is 7.04. The van der Waals surface area contributed by atoms with Crippen LogP contribution in [0.3, 0.4) is 0 Å². The Bertz CT molecular complexity index is 724. The van der Waals surface area contributed by atoms with Crippen molar-refractivity contribution in [3.63, 3.8) is 0 Å². The van der Waals surface area contributed by atoms with Crippen LogP contribution in [0.15, 0.2) is 36.4 Å². The summed E-state index contributed by atoms with van der Waals surface area (Å²) in [6.07, 6.45) is 0. The monoisotopic (exact) mass is 506 g/mol. The Kier molecular flexibility index (Phi) is 5.35. The summed E-state index contributed by atoms with van der Waals surface area (Å²) < 4.78 is 7.25. The molecule has 0 saturated carbocycles. The predicted molar refractivity (Wildman–Crippen MR) is 94.0 cm³/mol. The molecule has 0 unspecified atom stereocenters. The van der Waals surface area contributed by atoms with Crippen molar-refractivity contribution in [2.75, 3.05) is 0 Å². The molecule has 0 aliphatic carbocycles. The van der Waals surface area contributed by atoms with Gasteiger partial charge in [-0.3, -0.25) is 10.1 Å². The van der Waals surface area contributed by atoms with Gasteiger partial charge in [-0.05, 0) is 68.9 Å². The zero-order chi connectivity index (χ0) is 15.4. The second-order valence-electron chi connectivity index (χ2n) is 4.09. The van der Waals surface area contributed by atoms with Gasteiger partial charge in [0.15, 0.2) is 0 Å². The van der Waals surface area contributed by atoms with E-state index in [1.807, 2.05) is 52.9 Å². The van der Waals surface area contributed by atoms with Crippen LogP contribution in [-0.2, 0) is 6.61 Å². The number of rotatable bonds is 4. The fourth-order valence-corrected chi connectivity index (χ4v) is 2.79. The van der Waals surface area contributed by atoms with Gasteiger partial charge in [-0.25, -0.2) is 0 Å². The molecule has 0 bridgehead atoms. The fourth-order valence-electron chi connectivity index (χ4n) is 1.66. The van der Waals surface area contributed by atoms with Gasteiger partial charge in [-0.15, -0.1) is 0 Å². The van der Waals surface area contributed by atoms with Gasteiger partial charge < -0.3 is 4.74 Å². The van der Waals surface area contributed by atoms with Crippen LogP contribution < -0.4 is 4.74 Å². The molecule has 0 spiro atoms. The highest BCUT2D eigenvalue weighted by atomic mass is 127. The van der Waals surface area contributed by atoms with Crippen molar-refractivity contribution in [3.05, 3.63) is 64.8 Å². The molecule has 0 amide bonds. The normalized spacial score (nSPS) is 9.95. The largest absolute Gasteiger partial charge is 0.481 e. The lowest BCUT2D eigenvalue weighted by Crippen LogP contribution is -2.01. The van der Waals surface area contributed by atoms with Crippen LogP contribution in [0, 0.1) is 28.6 Å². The summed E-state index contributed by atoms with van der Waals surface area (Å²) in [5.41, 5.74) is 0.974. The van der Waals surface area contributed by atoms with Gasteiger partial charge in [-0.1, -0.05) is 12.1 Å². The Balaban J connectivity index is 2.29. The smallest absolute Gasteiger partial charge is 0.313 e. The van der Waals surface area contributed by atoms with Gasteiger partial charge in [-0.2, -0.15) is 5.26 Å². The van der Waals surface area contributed by atoms with Crippen LogP contribution in [0.1, 0.15) is 11.1 Å². The quantitative estimate of drug-likeness (QED) is 0.353. The SMILES string of the molecule is N#Cc1cc(I)c(OCc2ccc(I)cc2)c([N+](=O)[O-])c1. The van der Waals surface area contributed by atoms with Crippen molar-refractivity contribution in [3.8, 4) is 11.8 Å². The first-order valence-corrected chi connectivity index (χ1v) is 7.92. The highest BCUT2D eigenvalue weighted by molar-refractivity contribution is 14.1. The molecule has 0 aliphatic heterocycles. The van der Waals surface area contributed by atoms with Crippen LogP contribution in [0.2, 0.25) is 0 Å². The maximum atomic E-state index is 11.1. The molecule has 0 fully saturated rings. The third-order valence-corrected chi connectivity index (χ3v) is 4.17. The molecule has 2 aromatic carbocycles. The number of hydrogen-bond acceptors (Lipinski definition) is 4. The number of nitro groups is 1. The number of nitrogens with zero attached hydrogens (tertiary/aromatic N) is 2. The van der Waals surface area contributed by atoms with Crippen molar-refractivity contribution in [2.45, 2.75) is 6.61 Å². The first-order chi connectivity index (χ1) is 10.0. The molecule has 2 aromatic rings. The van der Waals surface area contributed by atoms with Gasteiger partial charge in [0.1, 0.15) is 6.61 Å². The topological polar surface area (TPSA) is 76.2 Å². The van der Waals surface area contributed by atoms with Gasteiger partial charge in [0.25, 0.3) is 0 Å². The summed E-state index contributed by atoms with van der Waals surface area (Å²) in [5.74, 6) is 0.193. The van der Waals surface area contributed by atoms with Crippen molar-refractivity contribution < 1.29 is 9.66 Å². The van der Waals surface area contributed by atoms with Crippen LogP contribution in [0.25, 0.3) is 0 Å². The Hall–Kier alpha value is -1.41. The molecule has 106 valence electrons. The third kappa shape index (κ3) is 4.04. The minimum absolute atomic E-state index is 0.191. The van der Waals surface area contributed by atoms with Gasteiger partial charge in [0.2, 0.25) is 5.75 Å². The third-order valence-electron chi connectivity index (χ3n) is 2.65. The summed E-state index contributed by atoms with van der Waals surface area (Å²) in [7, 11) is 0. The molecule has 5 nitrogen and oxygen atoms in total. The van der Waals surface area contributed by atoms with Gasteiger partial charge in [0.05, 0.1) is 20.1 Å². The minimum atomic E-state index is -0.535. The lowest BCUT2D eigenvalue weighted by atomic mass is 10.2. The van der Waals surface area contributed by atoms with Crippen LogP contribution in [0.5, 0.6) is 5.75 Å². The van der Waals surface area contributed by atoms with E-state index in [4.69, 9.17) is 10.00 Å². The summed E-state index contributed by atoms with van der Waals surface area (Å²) in [5, 5.41) is 20.0. The Morgan fingerprint density at radius 2 is 1.90 bits per heavy atom. The van der Waals surface area contributed by atoms with E-state index in [1.165, 1.54) is 6.07 Å². The predicted octanol–water partition coefficient (Wildman–Crippen LogP) is 4.25. The number of nitro benzene ring substituents is 1. The molecule has 2 rings (SSSR count). The zero-order valence-corrected chi connectivity index (χ0v) is 14.9. The first kappa shape index (κ1) is 16.0. The van der Waals surface area contributed by atoms with Crippen LogP contribution in [-0.4, -0.2) is 4.92 Å². The number of ether oxygens (including phenoxy) is 1. The highest BCUT2D eigenvalue weighted by Crippen LogP contribution is 2.34. The number of benzene rings is 2. The summed E-state index contributed by atoms with van der Waals surface area (Å²) in [4.78, 5) is 10.6. The average molecular weight is 506 g/mol. The molecule has 0 aromatic heterocycles. The molecule has 21 heavy (non-hydrogen) atoms. The molecular weight excluding hydrogens is 498 g/mol. The van der Waals surface area contributed by atoms with Crippen molar-refractivity contribution in [2.24, 2.45) is 0 Å². The van der Waals surface area contributed by atoms with Crippen molar-refractivity contribution in [1.29, 1.82) is 5.26 Å². The molecule has 0 heterocycles. The molecule has 7 heteroatoms. The lowest BCUT2D eigenvalue weighted by Gasteiger charge is -2.09. The second-order valence-corrected chi connectivity index (χ2v) is 6.50. The van der Waals surface area contributed by atoms with Gasteiger partial charge >= 0.3 is 5.69 Å². The van der Waals surface area contributed by atoms with E-state index in [-0.39, 0.29) is 23.6 Å². The maximum Gasteiger partial charge on any atom is 0.313 e. The number of halogens is 2. The average Bonchev–Trinajstić information content (AvgIpc) is 2.46. The van der Waals surface area contributed by atoms with E-state index < -0.39 is 4.92 Å². The Morgan fingerprint density at radius 3 is 2.48 bits per heavy atom. The molecule has 0 atom stereocenters. The molecule has 0 N–H and O–H groups in total. The minimum Gasteiger partial charge on any atom is -0.481 e. The highest BCUT2D eigenvalue weighted by Gasteiger charge is 2.20. The molecule has 0 saturated heterocycles. The van der Waals surface area contributed by atoms with Crippen molar-refractivity contribution in [1.82, 2.24) is 0 Å². The van der Waals surface area contributed by atoms with Crippen LogP contribution in [0.4, 0.5) is 5.69 Å². The summed E-state index contributed by atoms with van der Waals surface area (Å²) in [6.45, 7) is 0.236. The Morgan fingerprint density at radius 1 is 1.24 bits per heavy atom. The van der Waals surface area contributed by atoms with E-state index >= 15 is 0 Å². The van der Waals surface area contributed by atoms with Crippen LogP contribution >= 0.6 is 45.2 Å². The first-order valence-electron chi connectivity index (χ1n) is 5.76. The van der Waals surface area contributed by atoms with E-state index in [9.17, 15) is 10.1 Å². The Labute approximate surface area is 148 Å². The van der Waals surface area contributed by atoms with E-state index in [0.717, 1.165) is 9.13 Å². The van der Waals surface area contributed by atoms with Gasteiger partial charge in [0, 0.05) is 9.64 Å². The van der Waals surface area contributed by atoms with E-state index in [1.54, 1.807) is 6.07 Å². The van der Waals surface area contributed by atoms with Crippen molar-refractivity contribution >= 4 is 50.9 Å². The molecule has 0 aliphatic rings. The standard InChI is InChI=1S/C14H8I2N2O3/c15-11-3-1-9(2-4-11)8-21-14-12(16)5-10(7-17)6-13(14)18(19)20/h1-6H,8H2. The van der Waals surface area contributed by atoms with E-state index in [0.29, 0.717) is 3.57 Å². The summed E-state index contributed by atoms with van der Waals surface area (Å²) >= 11 is 4.14. The number of nitriles is 1. The fraction of sp³-hybridized carbons (Fsp3) is 0.0714. The van der Waals surface area contributed by atoms with E-state index in [2.05, 4.69) is 22.6 Å². The maximum absolute atomic E-state index is 11.1. The summed E-state index contributed by atoms with van der Waals surface area (Å²) in [6, 6.07) is 12.4. The number of hydrogen-bond donors (Lipinski definition) is 0. The molecule has 0 radical (unpaired) electrons. The zero-order valence-electron chi connectivity index (χ0n) is 10.5. The molecular formula is C14H8I2N2O3. The lowest BCUT2D eigenvalue weighted by molar-refractivity contribution is -0.386.